The Labute approximate surface area is 205 Å². The molecule has 0 bridgehead atoms. The van der Waals surface area contributed by atoms with Crippen molar-refractivity contribution in [2.24, 2.45) is 23.7 Å². The standard InChI is InChI=1S/C23H40N6O.2ClH/c1-27(2)14-21-15-29(26-25-21)22-9-19-12-28(11-17-5-7-24-8-6-17)13-20(19)10-23(22)30-16-18-3-4-18;;/h15,17-20,22-24H,3-14,16H2,1-2H3;2*1H/t19-,20+,22-,23-;;/m1../s1. The minimum Gasteiger partial charge on any atom is -0.376 e. The maximum Gasteiger partial charge on any atom is 0.0967 e. The fourth-order valence-corrected chi connectivity index (χ4v) is 5.94. The van der Waals surface area contributed by atoms with E-state index in [1.807, 2.05) is 0 Å². The van der Waals surface area contributed by atoms with Gasteiger partial charge in [0, 0.05) is 32.8 Å². The van der Waals surface area contributed by atoms with Gasteiger partial charge in [0.15, 0.2) is 0 Å². The summed E-state index contributed by atoms with van der Waals surface area (Å²) >= 11 is 0. The first-order chi connectivity index (χ1) is 14.6. The molecule has 2 saturated heterocycles. The van der Waals surface area contributed by atoms with E-state index in [1.165, 1.54) is 71.2 Å². The number of hydrogen-bond donors (Lipinski definition) is 1. The van der Waals surface area contributed by atoms with Gasteiger partial charge in [-0.05, 0) is 89.4 Å². The van der Waals surface area contributed by atoms with Crippen LogP contribution in [0.15, 0.2) is 6.20 Å². The molecule has 184 valence electrons. The third-order valence-electron chi connectivity index (χ3n) is 7.75. The molecule has 1 aromatic heterocycles. The third-order valence-corrected chi connectivity index (χ3v) is 7.75. The van der Waals surface area contributed by atoms with E-state index in [1.54, 1.807) is 0 Å². The van der Waals surface area contributed by atoms with E-state index in [0.717, 1.165) is 42.5 Å². The fraction of sp³-hybridized carbons (Fsp3) is 0.913. The molecule has 1 N–H and O–H groups in total. The molecule has 4 aliphatic rings. The number of piperidine rings is 1. The van der Waals surface area contributed by atoms with Crippen molar-refractivity contribution >= 4 is 24.8 Å². The average molecular weight is 490 g/mol. The van der Waals surface area contributed by atoms with Crippen molar-refractivity contribution in [2.45, 2.75) is 57.2 Å². The molecule has 0 unspecified atom stereocenters. The van der Waals surface area contributed by atoms with Crippen molar-refractivity contribution in [3.8, 4) is 0 Å². The number of nitrogens with zero attached hydrogens (tertiary/aromatic N) is 5. The Balaban J connectivity index is 0.00000144. The van der Waals surface area contributed by atoms with Crippen LogP contribution in [-0.4, -0.2) is 84.3 Å². The first-order valence-electron chi connectivity index (χ1n) is 12.2. The van der Waals surface area contributed by atoms with Crippen molar-refractivity contribution < 1.29 is 4.74 Å². The van der Waals surface area contributed by atoms with Crippen molar-refractivity contribution in [2.75, 3.05) is 53.4 Å². The average Bonchev–Trinajstić information content (AvgIpc) is 3.31. The maximum absolute atomic E-state index is 6.53. The molecule has 7 nitrogen and oxygen atoms in total. The Morgan fingerprint density at radius 3 is 2.44 bits per heavy atom. The normalized spacial score (nSPS) is 31.2. The van der Waals surface area contributed by atoms with Gasteiger partial charge in [0.05, 0.1) is 24.0 Å². The van der Waals surface area contributed by atoms with Crippen molar-refractivity contribution in [3.63, 3.8) is 0 Å². The van der Waals surface area contributed by atoms with Gasteiger partial charge in [-0.1, -0.05) is 5.21 Å². The number of halogens is 2. The van der Waals surface area contributed by atoms with Crippen LogP contribution in [0.3, 0.4) is 0 Å². The Bertz CT molecular complexity index is 694. The molecular formula is C23H42Cl2N6O. The smallest absolute Gasteiger partial charge is 0.0967 e. The number of aromatic nitrogens is 3. The van der Waals surface area contributed by atoms with Gasteiger partial charge < -0.3 is 19.9 Å². The Kier molecular flexibility index (Phi) is 9.65. The van der Waals surface area contributed by atoms with Gasteiger partial charge in [0.2, 0.25) is 0 Å². The minimum absolute atomic E-state index is 0. The van der Waals surface area contributed by atoms with Gasteiger partial charge in [-0.2, -0.15) is 0 Å². The molecule has 3 heterocycles. The van der Waals surface area contributed by atoms with Crippen LogP contribution in [-0.2, 0) is 11.3 Å². The van der Waals surface area contributed by atoms with E-state index < -0.39 is 0 Å². The van der Waals surface area contributed by atoms with Crippen molar-refractivity contribution in [3.05, 3.63) is 11.9 Å². The second kappa shape index (κ2) is 11.8. The summed E-state index contributed by atoms with van der Waals surface area (Å²) in [5.74, 6) is 3.26. The van der Waals surface area contributed by atoms with Gasteiger partial charge in [-0.15, -0.1) is 29.9 Å². The lowest BCUT2D eigenvalue weighted by molar-refractivity contribution is -0.0375. The monoisotopic (exact) mass is 488 g/mol. The van der Waals surface area contributed by atoms with Crippen LogP contribution in [0.2, 0.25) is 0 Å². The van der Waals surface area contributed by atoms with E-state index in [4.69, 9.17) is 4.74 Å². The molecule has 32 heavy (non-hydrogen) atoms. The van der Waals surface area contributed by atoms with Crippen LogP contribution in [0, 0.1) is 23.7 Å². The number of ether oxygens (including phenoxy) is 1. The highest BCUT2D eigenvalue weighted by Crippen LogP contribution is 2.43. The summed E-state index contributed by atoms with van der Waals surface area (Å²) in [6.45, 7) is 8.02. The molecule has 2 aliphatic heterocycles. The fourth-order valence-electron chi connectivity index (χ4n) is 5.94. The van der Waals surface area contributed by atoms with E-state index in [9.17, 15) is 0 Å². The number of fused-ring (bicyclic) bond motifs is 1. The summed E-state index contributed by atoms with van der Waals surface area (Å²) in [5, 5.41) is 12.5. The van der Waals surface area contributed by atoms with Gasteiger partial charge >= 0.3 is 0 Å². The zero-order chi connectivity index (χ0) is 20.5. The lowest BCUT2D eigenvalue weighted by Gasteiger charge is -2.37. The van der Waals surface area contributed by atoms with Crippen LogP contribution >= 0.6 is 24.8 Å². The maximum atomic E-state index is 6.53. The summed E-state index contributed by atoms with van der Waals surface area (Å²) < 4.78 is 8.67. The summed E-state index contributed by atoms with van der Waals surface area (Å²) in [6.07, 6.45) is 10.2. The van der Waals surface area contributed by atoms with Gasteiger partial charge in [0.25, 0.3) is 0 Å². The highest BCUT2D eigenvalue weighted by molar-refractivity contribution is 5.85. The molecule has 2 aliphatic carbocycles. The predicted molar refractivity (Wildman–Crippen MR) is 132 cm³/mol. The van der Waals surface area contributed by atoms with E-state index in [0.29, 0.717) is 12.1 Å². The summed E-state index contributed by atoms with van der Waals surface area (Å²) in [4.78, 5) is 4.92. The van der Waals surface area contributed by atoms with Crippen LogP contribution in [0.5, 0.6) is 0 Å². The minimum atomic E-state index is 0. The van der Waals surface area contributed by atoms with E-state index in [-0.39, 0.29) is 24.8 Å². The quantitative estimate of drug-likeness (QED) is 0.606. The lowest BCUT2D eigenvalue weighted by Crippen LogP contribution is -2.38. The van der Waals surface area contributed by atoms with E-state index >= 15 is 0 Å². The zero-order valence-corrected chi connectivity index (χ0v) is 21.3. The Morgan fingerprint density at radius 1 is 1.03 bits per heavy atom. The molecule has 5 rings (SSSR count). The molecule has 2 saturated carbocycles. The lowest BCUT2D eigenvalue weighted by atomic mass is 9.77. The molecule has 0 aromatic carbocycles. The van der Waals surface area contributed by atoms with Crippen LogP contribution < -0.4 is 5.32 Å². The highest BCUT2D eigenvalue weighted by atomic mass is 35.5. The third kappa shape index (κ3) is 6.57. The predicted octanol–water partition coefficient (Wildman–Crippen LogP) is 2.86. The molecule has 0 amide bonds. The van der Waals surface area contributed by atoms with Gasteiger partial charge in [0.1, 0.15) is 0 Å². The SMILES string of the molecule is CN(C)Cc1cn([C@@H]2C[C@@H]3CN(CC4CCNCC4)C[C@@H]3C[C@H]2OCC2CC2)nn1.Cl.Cl. The summed E-state index contributed by atoms with van der Waals surface area (Å²) in [5.41, 5.74) is 1.06. The molecule has 1 aromatic rings. The highest BCUT2D eigenvalue weighted by Gasteiger charge is 2.44. The largest absolute Gasteiger partial charge is 0.376 e. The van der Waals surface area contributed by atoms with Crippen LogP contribution in [0.1, 0.15) is 50.3 Å². The number of likely N-dealkylation sites (tertiary alicyclic amines) is 1. The molecule has 0 spiro atoms. The first-order valence-corrected chi connectivity index (χ1v) is 12.2. The second-order valence-electron chi connectivity index (χ2n) is 10.7. The number of rotatable bonds is 8. The van der Waals surface area contributed by atoms with Crippen LogP contribution in [0.4, 0.5) is 0 Å². The Morgan fingerprint density at radius 2 is 1.75 bits per heavy atom. The summed E-state index contributed by atoms with van der Waals surface area (Å²) in [6, 6.07) is 0.340. The molecule has 9 heteroatoms. The topological polar surface area (TPSA) is 58.5 Å². The number of nitrogens with one attached hydrogen (secondary N) is 1. The number of hydrogen-bond acceptors (Lipinski definition) is 6. The molecule has 0 radical (unpaired) electrons. The van der Waals surface area contributed by atoms with Crippen molar-refractivity contribution in [1.82, 2.24) is 30.1 Å². The van der Waals surface area contributed by atoms with Gasteiger partial charge in [-0.3, -0.25) is 0 Å². The molecule has 4 atom stereocenters. The summed E-state index contributed by atoms with van der Waals surface area (Å²) in [7, 11) is 4.17. The van der Waals surface area contributed by atoms with Gasteiger partial charge in [-0.25, -0.2) is 4.68 Å². The Hall–Kier alpha value is -0.440. The van der Waals surface area contributed by atoms with Crippen LogP contribution in [0.25, 0.3) is 0 Å². The zero-order valence-electron chi connectivity index (χ0n) is 19.7. The first kappa shape index (κ1) is 26.2. The van der Waals surface area contributed by atoms with Crippen molar-refractivity contribution in [1.29, 1.82) is 0 Å². The van der Waals surface area contributed by atoms with E-state index in [2.05, 4.69) is 50.4 Å². The molecular weight excluding hydrogens is 447 g/mol. The molecule has 4 fully saturated rings. The second-order valence-corrected chi connectivity index (χ2v) is 10.7.